The lowest BCUT2D eigenvalue weighted by atomic mass is 10.1. The van der Waals surface area contributed by atoms with Gasteiger partial charge in [0.2, 0.25) is 0 Å². The van der Waals surface area contributed by atoms with Crippen LogP contribution < -0.4 is 0 Å². The molecule has 3 heteroatoms. The van der Waals surface area contributed by atoms with Crippen LogP contribution in [-0.2, 0) is 0 Å². The molecular weight excluding hydrogens is 241 g/mol. The maximum Gasteiger partial charge on any atom is 0.124 e. The normalized spacial score (nSPS) is 10.2. The van der Waals surface area contributed by atoms with Crippen LogP contribution >= 0.6 is 0 Å². The van der Waals surface area contributed by atoms with E-state index in [-0.39, 0.29) is 5.82 Å². The minimum atomic E-state index is -0.372. The molecule has 1 N–H and O–H groups in total. The zero-order chi connectivity index (χ0) is 13.7. The van der Waals surface area contributed by atoms with Gasteiger partial charge >= 0.3 is 0 Å². The third-order valence-corrected chi connectivity index (χ3v) is 2.61. The molecule has 94 valence electrons. The fourth-order valence-electron chi connectivity index (χ4n) is 1.59. The minimum Gasteiger partial charge on any atom is -0.411 e. The monoisotopic (exact) mass is 253 g/mol. The average Bonchev–Trinajstić information content (AvgIpc) is 2.41. The van der Waals surface area contributed by atoms with Crippen molar-refractivity contribution in [3.8, 4) is 11.8 Å². The van der Waals surface area contributed by atoms with Crippen LogP contribution in [0.3, 0.4) is 0 Å². The Kier molecular flexibility index (Phi) is 3.94. The largest absolute Gasteiger partial charge is 0.411 e. The number of oxime groups is 1. The Morgan fingerprint density at radius 2 is 1.84 bits per heavy atom. The predicted octanol–water partition coefficient (Wildman–Crippen LogP) is 3.34. The zero-order valence-electron chi connectivity index (χ0n) is 10.4. The van der Waals surface area contributed by atoms with Gasteiger partial charge in [0.05, 0.1) is 6.21 Å². The molecule has 0 saturated carbocycles. The van der Waals surface area contributed by atoms with Crippen LogP contribution in [0.25, 0.3) is 0 Å². The first-order chi connectivity index (χ1) is 9.19. The smallest absolute Gasteiger partial charge is 0.124 e. The second kappa shape index (κ2) is 5.83. The number of benzene rings is 2. The van der Waals surface area contributed by atoms with Crippen molar-refractivity contribution in [1.82, 2.24) is 0 Å². The lowest BCUT2D eigenvalue weighted by molar-refractivity contribution is 0.322. The standard InChI is InChI=1S/C16H12FNO/c1-12-2-4-13(5-3-12)6-7-14-10-16(17)9-8-15(14)11-18-19/h2-5,8-11,19H,1H3/b18-11+. The van der Waals surface area contributed by atoms with E-state index in [1.807, 2.05) is 31.2 Å². The van der Waals surface area contributed by atoms with Crippen molar-refractivity contribution in [3.63, 3.8) is 0 Å². The highest BCUT2D eigenvalue weighted by molar-refractivity contribution is 5.83. The van der Waals surface area contributed by atoms with Crippen molar-refractivity contribution in [3.05, 3.63) is 70.5 Å². The van der Waals surface area contributed by atoms with Gasteiger partial charge in [-0.1, -0.05) is 34.7 Å². The molecule has 2 aromatic carbocycles. The topological polar surface area (TPSA) is 32.6 Å². The van der Waals surface area contributed by atoms with Gasteiger partial charge in [0.25, 0.3) is 0 Å². The Morgan fingerprint density at radius 3 is 2.53 bits per heavy atom. The van der Waals surface area contributed by atoms with E-state index in [9.17, 15) is 4.39 Å². The SMILES string of the molecule is Cc1ccc(C#Cc2cc(F)ccc2/C=N/O)cc1. The van der Waals surface area contributed by atoms with E-state index < -0.39 is 0 Å². The Labute approximate surface area is 111 Å². The third kappa shape index (κ3) is 3.43. The summed E-state index contributed by atoms with van der Waals surface area (Å²) in [4.78, 5) is 0. The molecule has 19 heavy (non-hydrogen) atoms. The molecule has 0 radical (unpaired) electrons. The Hall–Kier alpha value is -2.60. The molecule has 0 fully saturated rings. The van der Waals surface area contributed by atoms with Gasteiger partial charge in [0.15, 0.2) is 0 Å². The number of halogens is 1. The third-order valence-electron chi connectivity index (χ3n) is 2.61. The van der Waals surface area contributed by atoms with Crippen molar-refractivity contribution in [2.24, 2.45) is 5.16 Å². The summed E-state index contributed by atoms with van der Waals surface area (Å²) in [7, 11) is 0. The van der Waals surface area contributed by atoms with Crippen molar-refractivity contribution in [1.29, 1.82) is 0 Å². The van der Waals surface area contributed by atoms with Crippen molar-refractivity contribution in [2.45, 2.75) is 6.92 Å². The molecule has 0 spiro atoms. The summed E-state index contributed by atoms with van der Waals surface area (Å²) in [5.41, 5.74) is 3.06. The van der Waals surface area contributed by atoms with Gasteiger partial charge in [0.1, 0.15) is 5.82 Å². The highest BCUT2D eigenvalue weighted by atomic mass is 19.1. The lowest BCUT2D eigenvalue weighted by Crippen LogP contribution is -1.90. The van der Waals surface area contributed by atoms with Crippen LogP contribution in [0.2, 0.25) is 0 Å². The zero-order valence-corrected chi connectivity index (χ0v) is 10.4. The molecule has 0 aromatic heterocycles. The molecule has 0 unspecified atom stereocenters. The van der Waals surface area contributed by atoms with Gasteiger partial charge in [-0.15, -0.1) is 0 Å². The molecule has 2 nitrogen and oxygen atoms in total. The first-order valence-electron chi connectivity index (χ1n) is 5.75. The summed E-state index contributed by atoms with van der Waals surface area (Å²) < 4.78 is 13.2. The molecule has 0 aliphatic carbocycles. The Bertz CT molecular complexity index is 663. The van der Waals surface area contributed by atoms with Crippen molar-refractivity contribution in [2.75, 3.05) is 0 Å². The summed E-state index contributed by atoms with van der Waals surface area (Å²) in [6, 6.07) is 11.9. The van der Waals surface area contributed by atoms with E-state index in [2.05, 4.69) is 17.0 Å². The van der Waals surface area contributed by atoms with E-state index in [1.54, 1.807) is 0 Å². The Balaban J connectivity index is 2.38. The summed E-state index contributed by atoms with van der Waals surface area (Å²) in [5.74, 6) is 5.46. The molecule has 0 amide bonds. The number of hydrogen-bond donors (Lipinski definition) is 1. The Morgan fingerprint density at radius 1 is 1.11 bits per heavy atom. The van der Waals surface area contributed by atoms with Gasteiger partial charge in [-0.2, -0.15) is 0 Å². The second-order valence-electron chi connectivity index (χ2n) is 4.09. The van der Waals surface area contributed by atoms with E-state index in [0.717, 1.165) is 11.1 Å². The molecule has 0 bridgehead atoms. The molecule has 0 aliphatic heterocycles. The van der Waals surface area contributed by atoms with Crippen LogP contribution in [0.1, 0.15) is 22.3 Å². The van der Waals surface area contributed by atoms with E-state index in [0.29, 0.717) is 11.1 Å². The van der Waals surface area contributed by atoms with Crippen LogP contribution in [0.4, 0.5) is 4.39 Å². The molecule has 2 rings (SSSR count). The summed E-state index contributed by atoms with van der Waals surface area (Å²) >= 11 is 0. The average molecular weight is 253 g/mol. The first-order valence-corrected chi connectivity index (χ1v) is 5.75. The van der Waals surface area contributed by atoms with Gasteiger partial charge in [-0.25, -0.2) is 4.39 Å². The highest BCUT2D eigenvalue weighted by Crippen LogP contribution is 2.09. The molecule has 0 saturated heterocycles. The van der Waals surface area contributed by atoms with Gasteiger partial charge in [-0.05, 0) is 37.3 Å². The number of hydrogen-bond acceptors (Lipinski definition) is 2. The predicted molar refractivity (Wildman–Crippen MR) is 72.9 cm³/mol. The van der Waals surface area contributed by atoms with Gasteiger partial charge in [0, 0.05) is 16.7 Å². The molecule has 0 heterocycles. The molecule has 2 aromatic rings. The quantitative estimate of drug-likeness (QED) is 0.359. The number of nitrogens with zero attached hydrogens (tertiary/aromatic N) is 1. The number of aryl methyl sites for hydroxylation is 1. The number of rotatable bonds is 1. The summed E-state index contributed by atoms with van der Waals surface area (Å²) in [5, 5.41) is 11.5. The minimum absolute atomic E-state index is 0.372. The van der Waals surface area contributed by atoms with E-state index in [4.69, 9.17) is 5.21 Å². The fraction of sp³-hybridized carbons (Fsp3) is 0.0625. The van der Waals surface area contributed by atoms with Crippen LogP contribution in [-0.4, -0.2) is 11.4 Å². The highest BCUT2D eigenvalue weighted by Gasteiger charge is 1.99. The van der Waals surface area contributed by atoms with Gasteiger partial charge in [-0.3, -0.25) is 0 Å². The van der Waals surface area contributed by atoms with Gasteiger partial charge < -0.3 is 5.21 Å². The van der Waals surface area contributed by atoms with E-state index >= 15 is 0 Å². The van der Waals surface area contributed by atoms with Crippen LogP contribution in [0.5, 0.6) is 0 Å². The maximum absolute atomic E-state index is 13.2. The summed E-state index contributed by atoms with van der Waals surface area (Å²) in [6.45, 7) is 2.00. The second-order valence-corrected chi connectivity index (χ2v) is 4.09. The summed E-state index contributed by atoms with van der Waals surface area (Å²) in [6.07, 6.45) is 1.23. The van der Waals surface area contributed by atoms with Crippen molar-refractivity contribution < 1.29 is 9.60 Å². The molecule has 0 atom stereocenters. The molecule has 0 aliphatic rings. The van der Waals surface area contributed by atoms with Crippen molar-refractivity contribution >= 4 is 6.21 Å². The first kappa shape index (κ1) is 12.8. The lowest BCUT2D eigenvalue weighted by Gasteiger charge is -1.97. The van der Waals surface area contributed by atoms with Crippen LogP contribution in [0.15, 0.2) is 47.6 Å². The maximum atomic E-state index is 13.2. The van der Waals surface area contributed by atoms with E-state index in [1.165, 1.54) is 24.4 Å². The molecular formula is C16H12FNO. The van der Waals surface area contributed by atoms with Crippen LogP contribution in [0, 0.1) is 24.6 Å². The fourth-order valence-corrected chi connectivity index (χ4v) is 1.59.